The molecule has 1 aliphatic heterocycles. The summed E-state index contributed by atoms with van der Waals surface area (Å²) < 4.78 is 5.22. The summed E-state index contributed by atoms with van der Waals surface area (Å²) in [6.07, 6.45) is 5.36. The van der Waals surface area contributed by atoms with Crippen molar-refractivity contribution >= 4 is 17.8 Å². The van der Waals surface area contributed by atoms with Gasteiger partial charge in [-0.1, -0.05) is 0 Å². The summed E-state index contributed by atoms with van der Waals surface area (Å²) in [6, 6.07) is 1.84. The molecule has 26 heavy (non-hydrogen) atoms. The van der Waals surface area contributed by atoms with E-state index < -0.39 is 0 Å². The second-order valence-electron chi connectivity index (χ2n) is 6.04. The molecule has 0 spiro atoms. The third kappa shape index (κ3) is 4.74. The quantitative estimate of drug-likeness (QED) is 0.732. The van der Waals surface area contributed by atoms with Crippen molar-refractivity contribution in [2.24, 2.45) is 0 Å². The van der Waals surface area contributed by atoms with E-state index in [4.69, 9.17) is 4.74 Å². The van der Waals surface area contributed by atoms with Crippen molar-refractivity contribution in [1.29, 1.82) is 0 Å². The lowest BCUT2D eigenvalue weighted by molar-refractivity contribution is -0.123. The number of amides is 1. The maximum Gasteiger partial charge on any atom is 0.316 e. The van der Waals surface area contributed by atoms with E-state index in [0.29, 0.717) is 17.7 Å². The van der Waals surface area contributed by atoms with E-state index >= 15 is 0 Å². The van der Waals surface area contributed by atoms with E-state index in [1.54, 1.807) is 18.5 Å². The molecule has 0 radical (unpaired) electrons. The largest absolute Gasteiger partial charge is 0.453 e. The number of aromatic nitrogens is 5. The molecular formula is C16H22N8O2. The highest BCUT2D eigenvalue weighted by molar-refractivity contribution is 5.77. The van der Waals surface area contributed by atoms with Gasteiger partial charge in [-0.05, 0) is 18.9 Å². The minimum atomic E-state index is -0.299. The summed E-state index contributed by atoms with van der Waals surface area (Å²) >= 11 is 0. The average molecular weight is 358 g/mol. The molecule has 3 heterocycles. The van der Waals surface area contributed by atoms with Gasteiger partial charge in [-0.3, -0.25) is 4.79 Å². The fraction of sp³-hybridized carbons (Fsp3) is 0.500. The van der Waals surface area contributed by atoms with Crippen molar-refractivity contribution in [2.45, 2.75) is 19.4 Å². The lowest BCUT2D eigenvalue weighted by Gasteiger charge is -2.18. The Balaban J connectivity index is 1.60. The molecule has 3 rings (SSSR count). The number of rotatable bonds is 7. The highest BCUT2D eigenvalue weighted by Crippen LogP contribution is 2.17. The van der Waals surface area contributed by atoms with Crippen LogP contribution in [0, 0.1) is 0 Å². The minimum absolute atomic E-state index is 0.161. The van der Waals surface area contributed by atoms with Crippen molar-refractivity contribution in [3.63, 3.8) is 0 Å². The number of ether oxygens (including phenoxy) is 1. The number of hydrogen-bond acceptors (Lipinski definition) is 9. The van der Waals surface area contributed by atoms with Crippen LogP contribution < -0.4 is 19.9 Å². The zero-order valence-corrected chi connectivity index (χ0v) is 14.9. The highest BCUT2D eigenvalue weighted by Gasteiger charge is 2.18. The number of nitrogens with one attached hydrogen (secondary N) is 1. The van der Waals surface area contributed by atoms with Crippen LogP contribution in [-0.2, 0) is 11.3 Å². The molecule has 0 atom stereocenters. The average Bonchev–Trinajstić information content (AvgIpc) is 3.20. The first kappa shape index (κ1) is 17.8. The Labute approximate surface area is 151 Å². The number of hydrogen-bond donors (Lipinski definition) is 1. The molecule has 0 saturated carbocycles. The second kappa shape index (κ2) is 8.37. The molecule has 0 aliphatic carbocycles. The number of nitrogens with zero attached hydrogens (tertiary/aromatic N) is 7. The van der Waals surface area contributed by atoms with Crippen LogP contribution in [0.2, 0.25) is 0 Å². The summed E-state index contributed by atoms with van der Waals surface area (Å²) in [6.45, 7) is 1.90. The van der Waals surface area contributed by atoms with Crippen LogP contribution in [0.5, 0.6) is 6.01 Å². The van der Waals surface area contributed by atoms with Gasteiger partial charge >= 0.3 is 6.01 Å². The highest BCUT2D eigenvalue weighted by atomic mass is 16.5. The normalized spacial score (nSPS) is 13.5. The van der Waals surface area contributed by atoms with Crippen molar-refractivity contribution in [2.75, 3.05) is 43.6 Å². The molecule has 1 amide bonds. The third-order valence-electron chi connectivity index (χ3n) is 3.77. The SMILES string of the molecule is CN(C)c1nc(CNC(=O)COc2ncccn2)nc(N2CCCC2)n1. The van der Waals surface area contributed by atoms with Crippen LogP contribution in [0.25, 0.3) is 0 Å². The van der Waals surface area contributed by atoms with E-state index in [1.165, 1.54) is 0 Å². The smallest absolute Gasteiger partial charge is 0.316 e. The molecular weight excluding hydrogens is 336 g/mol. The predicted molar refractivity (Wildman–Crippen MR) is 95.0 cm³/mol. The Bertz CT molecular complexity index is 734. The van der Waals surface area contributed by atoms with Crippen molar-refractivity contribution < 1.29 is 9.53 Å². The molecule has 0 aromatic carbocycles. The topological polar surface area (TPSA) is 109 Å². The molecule has 10 nitrogen and oxygen atoms in total. The second-order valence-corrected chi connectivity index (χ2v) is 6.04. The molecule has 2 aromatic rings. The lowest BCUT2D eigenvalue weighted by Crippen LogP contribution is -2.30. The molecule has 10 heteroatoms. The summed E-state index contributed by atoms with van der Waals surface area (Å²) in [5, 5.41) is 2.74. The molecule has 1 fully saturated rings. The molecule has 1 aliphatic rings. The summed E-state index contributed by atoms with van der Waals surface area (Å²) in [5.74, 6) is 1.43. The van der Waals surface area contributed by atoms with Gasteiger partial charge in [0.2, 0.25) is 11.9 Å². The summed E-state index contributed by atoms with van der Waals surface area (Å²) in [7, 11) is 3.75. The van der Waals surface area contributed by atoms with E-state index in [-0.39, 0.29) is 25.1 Å². The first-order valence-corrected chi connectivity index (χ1v) is 8.45. The Hall–Kier alpha value is -3.04. The maximum absolute atomic E-state index is 12.0. The Morgan fingerprint density at radius 1 is 1.19 bits per heavy atom. The molecule has 2 aromatic heterocycles. The van der Waals surface area contributed by atoms with Crippen LogP contribution >= 0.6 is 0 Å². The Morgan fingerprint density at radius 3 is 2.62 bits per heavy atom. The van der Waals surface area contributed by atoms with Gasteiger partial charge in [-0.15, -0.1) is 0 Å². The lowest BCUT2D eigenvalue weighted by atomic mass is 10.4. The zero-order chi connectivity index (χ0) is 18.4. The van der Waals surface area contributed by atoms with E-state index in [2.05, 4.69) is 35.1 Å². The van der Waals surface area contributed by atoms with Crippen molar-refractivity contribution in [1.82, 2.24) is 30.2 Å². The van der Waals surface area contributed by atoms with Crippen molar-refractivity contribution in [3.05, 3.63) is 24.3 Å². The zero-order valence-electron chi connectivity index (χ0n) is 14.9. The first-order chi connectivity index (χ1) is 12.6. The van der Waals surface area contributed by atoms with Gasteiger partial charge in [0.05, 0.1) is 6.54 Å². The van der Waals surface area contributed by atoms with E-state index in [1.807, 2.05) is 19.0 Å². The van der Waals surface area contributed by atoms with Crippen LogP contribution in [-0.4, -0.2) is 64.6 Å². The molecule has 0 unspecified atom stereocenters. The van der Waals surface area contributed by atoms with Crippen LogP contribution in [0.15, 0.2) is 18.5 Å². The summed E-state index contributed by atoms with van der Waals surface area (Å²) in [5.41, 5.74) is 0. The number of anilines is 2. The standard InChI is InChI=1S/C16H22N8O2/c1-23(2)14-20-12(21-15(22-14)24-8-3-4-9-24)10-19-13(25)11-26-16-17-6-5-7-18-16/h5-7H,3-4,8-11H2,1-2H3,(H,19,25). The van der Waals surface area contributed by atoms with Crippen LogP contribution in [0.4, 0.5) is 11.9 Å². The Kier molecular flexibility index (Phi) is 5.72. The monoisotopic (exact) mass is 358 g/mol. The number of carbonyl (C=O) groups is 1. The number of carbonyl (C=O) groups excluding carboxylic acids is 1. The van der Waals surface area contributed by atoms with Gasteiger partial charge in [-0.25, -0.2) is 9.97 Å². The van der Waals surface area contributed by atoms with Gasteiger partial charge < -0.3 is 19.9 Å². The predicted octanol–water partition coefficient (Wildman–Crippen LogP) is 0.0230. The minimum Gasteiger partial charge on any atom is -0.453 e. The maximum atomic E-state index is 12.0. The van der Waals surface area contributed by atoms with Crippen LogP contribution in [0.3, 0.4) is 0 Å². The molecule has 1 saturated heterocycles. The third-order valence-corrected chi connectivity index (χ3v) is 3.77. The van der Waals surface area contributed by atoms with Gasteiger partial charge in [-0.2, -0.15) is 15.0 Å². The van der Waals surface area contributed by atoms with E-state index in [9.17, 15) is 4.79 Å². The van der Waals surface area contributed by atoms with Gasteiger partial charge in [0, 0.05) is 39.6 Å². The van der Waals surface area contributed by atoms with Gasteiger partial charge in [0.15, 0.2) is 12.4 Å². The molecule has 0 bridgehead atoms. The summed E-state index contributed by atoms with van der Waals surface area (Å²) in [4.78, 5) is 37.1. The Morgan fingerprint density at radius 2 is 1.92 bits per heavy atom. The molecule has 138 valence electrons. The van der Waals surface area contributed by atoms with E-state index in [0.717, 1.165) is 25.9 Å². The fourth-order valence-corrected chi connectivity index (χ4v) is 2.45. The fourth-order valence-electron chi connectivity index (χ4n) is 2.45. The van der Waals surface area contributed by atoms with Crippen molar-refractivity contribution in [3.8, 4) is 6.01 Å². The first-order valence-electron chi connectivity index (χ1n) is 8.45. The molecule has 1 N–H and O–H groups in total. The van der Waals surface area contributed by atoms with Crippen LogP contribution in [0.1, 0.15) is 18.7 Å². The van der Waals surface area contributed by atoms with Gasteiger partial charge in [0.25, 0.3) is 5.91 Å². The van der Waals surface area contributed by atoms with Gasteiger partial charge in [0.1, 0.15) is 0 Å².